The summed E-state index contributed by atoms with van der Waals surface area (Å²) < 4.78 is 0. The van der Waals surface area contributed by atoms with Crippen LogP contribution in [-0.4, -0.2) is 29.1 Å². The second kappa shape index (κ2) is 7.57. The van der Waals surface area contributed by atoms with Gasteiger partial charge in [-0.05, 0) is 48.7 Å². The van der Waals surface area contributed by atoms with Crippen LogP contribution in [0.15, 0.2) is 55.0 Å². The Kier molecular flexibility index (Phi) is 4.97. The summed E-state index contributed by atoms with van der Waals surface area (Å²) in [6, 6.07) is 12.7. The molecule has 140 valence electrons. The summed E-state index contributed by atoms with van der Waals surface area (Å²) >= 11 is 0. The van der Waals surface area contributed by atoms with Crippen molar-refractivity contribution in [1.29, 1.82) is 0 Å². The van der Waals surface area contributed by atoms with Crippen molar-refractivity contribution in [2.75, 3.05) is 5.32 Å². The number of anilines is 1. The number of hydrogen-bond donors (Lipinski definition) is 1. The van der Waals surface area contributed by atoms with Gasteiger partial charge >= 0.3 is 0 Å². The van der Waals surface area contributed by atoms with Gasteiger partial charge in [-0.1, -0.05) is 31.6 Å². The number of nitrogens with zero attached hydrogens (tertiary/aromatic N) is 3. The van der Waals surface area contributed by atoms with Gasteiger partial charge in [0.1, 0.15) is 13.9 Å². The summed E-state index contributed by atoms with van der Waals surface area (Å²) in [6.07, 6.45) is 7.92. The fourth-order valence-corrected chi connectivity index (χ4v) is 3.30. The van der Waals surface area contributed by atoms with E-state index in [0.29, 0.717) is 6.04 Å². The van der Waals surface area contributed by atoms with E-state index >= 15 is 0 Å². The van der Waals surface area contributed by atoms with Gasteiger partial charge in [-0.3, -0.25) is 9.97 Å². The predicted molar refractivity (Wildman–Crippen MR) is 118 cm³/mol. The molecule has 0 amide bonds. The van der Waals surface area contributed by atoms with Crippen molar-refractivity contribution in [3.8, 4) is 34.0 Å². The van der Waals surface area contributed by atoms with E-state index in [1.54, 1.807) is 6.20 Å². The maximum Gasteiger partial charge on any atom is 0.129 e. The van der Waals surface area contributed by atoms with Crippen molar-refractivity contribution < 1.29 is 0 Å². The van der Waals surface area contributed by atoms with E-state index in [0.717, 1.165) is 33.9 Å². The van der Waals surface area contributed by atoms with Crippen molar-refractivity contribution in [2.45, 2.75) is 38.5 Å². The van der Waals surface area contributed by atoms with Gasteiger partial charge in [0, 0.05) is 35.8 Å². The van der Waals surface area contributed by atoms with Crippen molar-refractivity contribution in [2.24, 2.45) is 0 Å². The Hall–Kier alpha value is -2.97. The molecule has 0 aromatic carbocycles. The quantitative estimate of drug-likeness (QED) is 0.507. The van der Waals surface area contributed by atoms with Crippen molar-refractivity contribution in [3.63, 3.8) is 0 Å². The van der Waals surface area contributed by atoms with Crippen molar-refractivity contribution in [3.05, 3.63) is 60.6 Å². The lowest BCUT2D eigenvalue weighted by molar-refractivity contribution is 1.11. The Labute approximate surface area is 167 Å². The summed E-state index contributed by atoms with van der Waals surface area (Å²) in [6.45, 7) is 6.74. The van der Waals surface area contributed by atoms with Crippen LogP contribution in [0.25, 0.3) is 22.5 Å². The van der Waals surface area contributed by atoms with Gasteiger partial charge in [0.25, 0.3) is 0 Å². The first-order chi connectivity index (χ1) is 13.5. The third-order valence-electron chi connectivity index (χ3n) is 4.34. The van der Waals surface area contributed by atoms with Crippen LogP contribution in [0.2, 0.25) is 19.6 Å². The van der Waals surface area contributed by atoms with Gasteiger partial charge in [-0.15, -0.1) is 5.54 Å². The first-order valence-electron chi connectivity index (χ1n) is 9.65. The second-order valence-corrected chi connectivity index (χ2v) is 13.0. The minimum atomic E-state index is -1.43. The van der Waals surface area contributed by atoms with Gasteiger partial charge in [0.05, 0.1) is 11.4 Å². The highest BCUT2D eigenvalue weighted by Crippen LogP contribution is 2.30. The van der Waals surface area contributed by atoms with Gasteiger partial charge in [-0.25, -0.2) is 4.98 Å². The Morgan fingerprint density at radius 1 is 1.00 bits per heavy atom. The van der Waals surface area contributed by atoms with Gasteiger partial charge in [-0.2, -0.15) is 0 Å². The van der Waals surface area contributed by atoms with Crippen LogP contribution in [0.3, 0.4) is 0 Å². The van der Waals surface area contributed by atoms with E-state index in [2.05, 4.69) is 64.6 Å². The molecule has 0 bridgehead atoms. The lowest BCUT2D eigenvalue weighted by Crippen LogP contribution is -2.16. The van der Waals surface area contributed by atoms with Crippen LogP contribution in [0, 0.1) is 11.5 Å². The first kappa shape index (κ1) is 18.4. The molecule has 1 saturated carbocycles. The highest BCUT2D eigenvalue weighted by atomic mass is 28.3. The maximum absolute atomic E-state index is 4.78. The summed E-state index contributed by atoms with van der Waals surface area (Å²) in [5.74, 6) is 4.19. The maximum atomic E-state index is 4.78. The van der Waals surface area contributed by atoms with Crippen LogP contribution >= 0.6 is 0 Å². The Balaban J connectivity index is 1.75. The molecule has 4 rings (SSSR count). The summed E-state index contributed by atoms with van der Waals surface area (Å²) in [7, 11) is -1.43. The molecule has 5 heteroatoms. The SMILES string of the molecule is C[Si](C)(C)C#Cc1cncc(-c2cc(NC3CC3)nc(-c3ccccn3)c2)c1. The number of nitrogens with one attached hydrogen (secondary N) is 1. The largest absolute Gasteiger partial charge is 0.367 e. The number of pyridine rings is 3. The normalized spacial score (nSPS) is 13.5. The highest BCUT2D eigenvalue weighted by molar-refractivity contribution is 6.83. The third-order valence-corrected chi connectivity index (χ3v) is 5.21. The van der Waals surface area contributed by atoms with Gasteiger partial charge < -0.3 is 5.32 Å². The molecule has 1 fully saturated rings. The molecule has 28 heavy (non-hydrogen) atoms. The molecule has 1 aliphatic carbocycles. The van der Waals surface area contributed by atoms with E-state index in [9.17, 15) is 0 Å². The third kappa shape index (κ3) is 4.84. The van der Waals surface area contributed by atoms with Gasteiger partial charge in [0.2, 0.25) is 0 Å². The topological polar surface area (TPSA) is 50.7 Å². The summed E-state index contributed by atoms with van der Waals surface area (Å²) in [4.78, 5) is 13.7. The molecule has 3 aromatic rings. The van der Waals surface area contributed by atoms with Gasteiger partial charge in [0.15, 0.2) is 0 Å². The van der Waals surface area contributed by atoms with Crippen LogP contribution in [0.4, 0.5) is 5.82 Å². The molecule has 1 aliphatic rings. The average Bonchev–Trinajstić information content (AvgIpc) is 3.50. The number of hydrogen-bond acceptors (Lipinski definition) is 4. The molecule has 0 radical (unpaired) electrons. The molecule has 3 heterocycles. The van der Waals surface area contributed by atoms with E-state index in [-0.39, 0.29) is 0 Å². The predicted octanol–water partition coefficient (Wildman–Crippen LogP) is 5.01. The van der Waals surface area contributed by atoms with E-state index in [4.69, 9.17) is 4.98 Å². The molecule has 4 nitrogen and oxygen atoms in total. The second-order valence-electron chi connectivity index (χ2n) is 8.22. The van der Waals surface area contributed by atoms with E-state index in [1.807, 2.05) is 30.6 Å². The fourth-order valence-electron chi connectivity index (χ4n) is 2.78. The lowest BCUT2D eigenvalue weighted by Gasteiger charge is -2.11. The molecule has 0 atom stereocenters. The van der Waals surface area contributed by atoms with Crippen LogP contribution in [-0.2, 0) is 0 Å². The zero-order valence-corrected chi connectivity index (χ0v) is 17.5. The van der Waals surface area contributed by atoms with E-state index in [1.165, 1.54) is 12.8 Å². The molecule has 0 aliphatic heterocycles. The molecule has 0 spiro atoms. The Bertz CT molecular complexity index is 1040. The Morgan fingerprint density at radius 3 is 2.57 bits per heavy atom. The lowest BCUT2D eigenvalue weighted by atomic mass is 10.0. The summed E-state index contributed by atoms with van der Waals surface area (Å²) in [5.41, 5.74) is 8.21. The van der Waals surface area contributed by atoms with Crippen LogP contribution < -0.4 is 5.32 Å². The first-order valence-corrected chi connectivity index (χ1v) is 13.1. The smallest absolute Gasteiger partial charge is 0.129 e. The standard InChI is InChI=1S/C23H24N4Si/c1-28(2,3)11-9-17-12-19(16-24-15-17)18-13-22(21-6-4-5-10-25-21)27-23(14-18)26-20-7-8-20/h4-6,10,12-16,20H,7-8H2,1-3H3,(H,26,27). The molecule has 0 unspecified atom stereocenters. The molecule has 0 saturated heterocycles. The number of rotatable bonds is 4. The fraction of sp³-hybridized carbons (Fsp3) is 0.261. The van der Waals surface area contributed by atoms with E-state index < -0.39 is 8.07 Å². The van der Waals surface area contributed by atoms with Crippen LogP contribution in [0.5, 0.6) is 0 Å². The molecular weight excluding hydrogens is 360 g/mol. The highest BCUT2D eigenvalue weighted by Gasteiger charge is 2.22. The zero-order valence-electron chi connectivity index (χ0n) is 16.5. The molecular formula is C23H24N4Si. The monoisotopic (exact) mass is 384 g/mol. The minimum absolute atomic E-state index is 0.534. The van der Waals surface area contributed by atoms with Crippen LogP contribution in [0.1, 0.15) is 18.4 Å². The average molecular weight is 385 g/mol. The summed E-state index contributed by atoms with van der Waals surface area (Å²) in [5, 5.41) is 3.51. The van der Waals surface area contributed by atoms with Crippen molar-refractivity contribution >= 4 is 13.9 Å². The van der Waals surface area contributed by atoms with Crippen molar-refractivity contribution in [1.82, 2.24) is 15.0 Å². The zero-order chi connectivity index (χ0) is 19.6. The minimum Gasteiger partial charge on any atom is -0.367 e. The Morgan fingerprint density at radius 2 is 1.86 bits per heavy atom. The number of aromatic nitrogens is 3. The molecule has 1 N–H and O–H groups in total. The molecule has 3 aromatic heterocycles.